The van der Waals surface area contributed by atoms with Crippen molar-refractivity contribution in [2.75, 3.05) is 19.8 Å². The molecule has 2 N–H and O–H groups in total. The average Bonchev–Trinajstić information content (AvgIpc) is 2.48. The molecule has 1 amide bonds. The van der Waals surface area contributed by atoms with Gasteiger partial charge in [0.05, 0.1) is 11.1 Å². The van der Waals surface area contributed by atoms with Crippen LogP contribution < -0.4 is 10.1 Å². The van der Waals surface area contributed by atoms with E-state index in [2.05, 4.69) is 21.2 Å². The highest BCUT2D eigenvalue weighted by molar-refractivity contribution is 9.10. The fraction of sp³-hybridized carbons (Fsp3) is 0.533. The molecule has 4 nitrogen and oxygen atoms in total. The van der Waals surface area contributed by atoms with Crippen LogP contribution in [0, 0.1) is 5.41 Å². The molecule has 0 spiro atoms. The van der Waals surface area contributed by atoms with Crippen molar-refractivity contribution in [3.8, 4) is 5.75 Å². The molecule has 0 atom stereocenters. The summed E-state index contributed by atoms with van der Waals surface area (Å²) in [4.78, 5) is 11.8. The average molecular weight is 379 g/mol. The smallest absolute Gasteiger partial charge is 0.257 e. The summed E-state index contributed by atoms with van der Waals surface area (Å²) < 4.78 is 6.14. The Labute approximate surface area is 139 Å². The second-order valence-corrected chi connectivity index (χ2v) is 6.30. The maximum absolute atomic E-state index is 11.8. The van der Waals surface area contributed by atoms with Crippen molar-refractivity contribution in [3.63, 3.8) is 0 Å². The van der Waals surface area contributed by atoms with Gasteiger partial charge in [-0.25, -0.2) is 0 Å². The zero-order chi connectivity index (χ0) is 15.9. The van der Waals surface area contributed by atoms with E-state index in [9.17, 15) is 9.90 Å². The Kier molecular flexibility index (Phi) is 7.49. The van der Waals surface area contributed by atoms with Gasteiger partial charge >= 0.3 is 0 Å². The number of rotatable bonds is 8. The van der Waals surface area contributed by atoms with E-state index < -0.39 is 0 Å². The summed E-state index contributed by atoms with van der Waals surface area (Å²) in [5, 5.41) is 12.9. The van der Waals surface area contributed by atoms with Crippen LogP contribution in [-0.4, -0.2) is 30.8 Å². The van der Waals surface area contributed by atoms with Crippen LogP contribution in [-0.2, 0) is 4.79 Å². The van der Waals surface area contributed by atoms with Crippen molar-refractivity contribution in [3.05, 3.63) is 27.7 Å². The van der Waals surface area contributed by atoms with Gasteiger partial charge in [-0.3, -0.25) is 4.79 Å². The lowest BCUT2D eigenvalue weighted by Gasteiger charge is -2.29. The van der Waals surface area contributed by atoms with Crippen LogP contribution in [0.3, 0.4) is 0 Å². The summed E-state index contributed by atoms with van der Waals surface area (Å²) in [7, 11) is 0. The minimum atomic E-state index is -0.253. The molecule has 0 radical (unpaired) electrons. The highest BCUT2D eigenvalue weighted by atomic mass is 79.9. The predicted molar refractivity (Wildman–Crippen MR) is 87.8 cm³/mol. The third-order valence-corrected chi connectivity index (χ3v) is 4.60. The molecule has 0 aliphatic carbocycles. The molecule has 21 heavy (non-hydrogen) atoms. The Bertz CT molecular complexity index is 470. The van der Waals surface area contributed by atoms with Gasteiger partial charge in [0.1, 0.15) is 5.75 Å². The van der Waals surface area contributed by atoms with E-state index in [0.29, 0.717) is 21.8 Å². The Morgan fingerprint density at radius 1 is 1.43 bits per heavy atom. The van der Waals surface area contributed by atoms with E-state index in [1.54, 1.807) is 18.2 Å². The number of hydrogen-bond donors (Lipinski definition) is 2. The first-order chi connectivity index (χ1) is 9.96. The van der Waals surface area contributed by atoms with Crippen LogP contribution in [0.4, 0.5) is 0 Å². The molecule has 0 heterocycles. The van der Waals surface area contributed by atoms with Crippen molar-refractivity contribution in [1.29, 1.82) is 0 Å². The molecule has 118 valence electrons. The number of hydrogen-bond acceptors (Lipinski definition) is 3. The van der Waals surface area contributed by atoms with Gasteiger partial charge in [-0.05, 0) is 47.0 Å². The second kappa shape index (κ2) is 8.61. The first kappa shape index (κ1) is 18.3. The maximum atomic E-state index is 11.8. The standard InChI is InChI=1S/C15H21BrClNO3/c1-3-15(4-2,10-19)9-18-14(20)8-21-13-6-5-11(17)7-12(13)16/h5-7,19H,3-4,8-10H2,1-2H3,(H,18,20). The summed E-state index contributed by atoms with van der Waals surface area (Å²) in [5.41, 5.74) is -0.253. The molecule has 0 saturated carbocycles. The molecule has 1 rings (SSSR count). The lowest BCUT2D eigenvalue weighted by molar-refractivity contribution is -0.123. The first-order valence-electron chi connectivity index (χ1n) is 6.91. The van der Waals surface area contributed by atoms with Crippen LogP contribution in [0.25, 0.3) is 0 Å². The van der Waals surface area contributed by atoms with Crippen molar-refractivity contribution in [2.45, 2.75) is 26.7 Å². The van der Waals surface area contributed by atoms with Gasteiger partial charge in [-0.1, -0.05) is 25.4 Å². The van der Waals surface area contributed by atoms with Crippen molar-refractivity contribution < 1.29 is 14.6 Å². The molecule has 1 aromatic rings. The molecule has 0 aromatic heterocycles. The summed E-state index contributed by atoms with van der Waals surface area (Å²) in [6, 6.07) is 5.11. The second-order valence-electron chi connectivity index (χ2n) is 5.01. The van der Waals surface area contributed by atoms with Gasteiger partial charge in [0.15, 0.2) is 6.61 Å². The number of carbonyl (C=O) groups is 1. The lowest BCUT2D eigenvalue weighted by atomic mass is 9.83. The van der Waals surface area contributed by atoms with Gasteiger partial charge in [-0.15, -0.1) is 0 Å². The highest BCUT2D eigenvalue weighted by Crippen LogP contribution is 2.28. The number of ether oxygens (including phenoxy) is 1. The SMILES string of the molecule is CCC(CC)(CO)CNC(=O)COc1ccc(Cl)cc1Br. The van der Waals surface area contributed by atoms with E-state index in [1.165, 1.54) is 0 Å². The summed E-state index contributed by atoms with van der Waals surface area (Å²) >= 11 is 9.17. The molecule has 1 aromatic carbocycles. The number of aliphatic hydroxyl groups excluding tert-OH is 1. The minimum Gasteiger partial charge on any atom is -0.483 e. The van der Waals surface area contributed by atoms with Crippen LogP contribution in [0.15, 0.2) is 22.7 Å². The highest BCUT2D eigenvalue weighted by Gasteiger charge is 2.25. The fourth-order valence-corrected chi connectivity index (χ4v) is 2.65. The molecule has 0 fully saturated rings. The number of carbonyl (C=O) groups excluding carboxylic acids is 1. The summed E-state index contributed by atoms with van der Waals surface area (Å²) in [5.74, 6) is 0.352. The van der Waals surface area contributed by atoms with Gasteiger partial charge in [0.2, 0.25) is 0 Å². The third kappa shape index (κ3) is 5.49. The molecular weight excluding hydrogens is 358 g/mol. The number of amides is 1. The molecular formula is C15H21BrClNO3. The van der Waals surface area contributed by atoms with Crippen LogP contribution in [0.2, 0.25) is 5.02 Å². The Balaban J connectivity index is 2.47. The molecule has 0 bridgehead atoms. The van der Waals surface area contributed by atoms with E-state index in [4.69, 9.17) is 16.3 Å². The first-order valence-corrected chi connectivity index (χ1v) is 8.09. The normalized spacial score (nSPS) is 11.3. The van der Waals surface area contributed by atoms with Gasteiger partial charge < -0.3 is 15.2 Å². The zero-order valence-electron chi connectivity index (χ0n) is 12.3. The number of benzene rings is 1. The third-order valence-electron chi connectivity index (χ3n) is 3.75. The number of nitrogens with one attached hydrogen (secondary N) is 1. The van der Waals surface area contributed by atoms with E-state index >= 15 is 0 Å². The molecule has 0 saturated heterocycles. The Hall–Kier alpha value is -0.780. The van der Waals surface area contributed by atoms with E-state index in [1.807, 2.05) is 13.8 Å². The van der Waals surface area contributed by atoms with Gasteiger partial charge in [-0.2, -0.15) is 0 Å². The van der Waals surface area contributed by atoms with Crippen LogP contribution >= 0.6 is 27.5 Å². The van der Waals surface area contributed by atoms with Crippen LogP contribution in [0.1, 0.15) is 26.7 Å². The summed E-state index contributed by atoms with van der Waals surface area (Å²) in [6.07, 6.45) is 1.62. The maximum Gasteiger partial charge on any atom is 0.257 e. The van der Waals surface area contributed by atoms with Crippen LogP contribution in [0.5, 0.6) is 5.75 Å². The van der Waals surface area contributed by atoms with E-state index in [-0.39, 0.29) is 24.5 Å². The van der Waals surface area contributed by atoms with E-state index in [0.717, 1.165) is 12.8 Å². The van der Waals surface area contributed by atoms with Gasteiger partial charge in [0.25, 0.3) is 5.91 Å². The topological polar surface area (TPSA) is 58.6 Å². The monoisotopic (exact) mass is 377 g/mol. The zero-order valence-corrected chi connectivity index (χ0v) is 14.6. The Morgan fingerprint density at radius 3 is 2.62 bits per heavy atom. The van der Waals surface area contributed by atoms with Gasteiger partial charge in [0, 0.05) is 17.0 Å². The van der Waals surface area contributed by atoms with Crippen molar-refractivity contribution >= 4 is 33.4 Å². The number of aliphatic hydroxyl groups is 1. The number of halogens is 2. The predicted octanol–water partition coefficient (Wildman–Crippen LogP) is 3.40. The largest absolute Gasteiger partial charge is 0.483 e. The van der Waals surface area contributed by atoms with Crippen molar-refractivity contribution in [2.24, 2.45) is 5.41 Å². The quantitative estimate of drug-likeness (QED) is 0.729. The molecule has 0 aliphatic rings. The summed E-state index contributed by atoms with van der Waals surface area (Å²) in [6.45, 7) is 4.44. The lowest BCUT2D eigenvalue weighted by Crippen LogP contribution is -2.41. The molecule has 0 unspecified atom stereocenters. The molecule has 6 heteroatoms. The minimum absolute atomic E-state index is 0.0594. The van der Waals surface area contributed by atoms with Crippen molar-refractivity contribution in [1.82, 2.24) is 5.32 Å². The Morgan fingerprint density at radius 2 is 2.10 bits per heavy atom. The fourth-order valence-electron chi connectivity index (χ4n) is 1.85. The molecule has 0 aliphatic heterocycles.